The molecule has 0 saturated heterocycles. The van der Waals surface area contributed by atoms with Crippen molar-refractivity contribution in [1.29, 1.82) is 0 Å². The van der Waals surface area contributed by atoms with E-state index in [0.717, 1.165) is 54.3 Å². The number of ether oxygens (including phenoxy) is 1. The number of fused-ring (bicyclic) bond motifs is 3. The summed E-state index contributed by atoms with van der Waals surface area (Å²) in [5, 5.41) is 4.27. The minimum absolute atomic E-state index is 0.508. The van der Waals surface area contributed by atoms with E-state index in [2.05, 4.69) is 78.9 Å². The van der Waals surface area contributed by atoms with Crippen LogP contribution in [0, 0.1) is 0 Å². The third-order valence-electron chi connectivity index (χ3n) is 6.24. The van der Waals surface area contributed by atoms with E-state index in [-0.39, 0.29) is 0 Å². The lowest BCUT2D eigenvalue weighted by Crippen LogP contribution is -1.97. The normalized spacial score (nSPS) is 11.4. The number of rotatable bonds is 5. The summed E-state index contributed by atoms with van der Waals surface area (Å²) < 4.78 is 8.77. The number of para-hydroxylation sites is 2. The molecule has 0 radical (unpaired) electrons. The van der Waals surface area contributed by atoms with Crippen LogP contribution in [-0.4, -0.2) is 9.97 Å². The maximum absolute atomic E-state index is 6.39. The van der Waals surface area contributed by atoms with Gasteiger partial charge in [0.1, 0.15) is 22.4 Å². The first-order valence-corrected chi connectivity index (χ1v) is 13.4. The zero-order chi connectivity index (χ0) is 23.9. The molecular weight excluding hydrogens is 480 g/mol. The Balaban J connectivity index is 1.35. The van der Waals surface area contributed by atoms with Crippen LogP contribution < -0.4 is 4.74 Å². The first-order valence-electron chi connectivity index (χ1n) is 11.8. The van der Waals surface area contributed by atoms with E-state index < -0.39 is 0 Å². The van der Waals surface area contributed by atoms with E-state index in [1.54, 1.807) is 22.7 Å². The monoisotopic (exact) mass is 500 g/mol. The van der Waals surface area contributed by atoms with Crippen molar-refractivity contribution in [2.24, 2.45) is 0 Å². The fraction of sp³-hybridized carbons (Fsp3) is 0.0323. The van der Waals surface area contributed by atoms with Crippen LogP contribution >= 0.6 is 22.7 Å². The van der Waals surface area contributed by atoms with Crippen LogP contribution in [0.3, 0.4) is 0 Å². The summed E-state index contributed by atoms with van der Waals surface area (Å²) in [6.07, 6.45) is 0. The summed E-state index contributed by atoms with van der Waals surface area (Å²) in [6, 6.07) is 37.7. The van der Waals surface area contributed by atoms with Crippen molar-refractivity contribution < 1.29 is 4.74 Å². The van der Waals surface area contributed by atoms with Gasteiger partial charge in [-0.3, -0.25) is 0 Å². The van der Waals surface area contributed by atoms with E-state index in [1.165, 1.54) is 9.40 Å². The largest absolute Gasteiger partial charge is 0.488 e. The Morgan fingerprint density at radius 3 is 2.00 bits per heavy atom. The molecule has 172 valence electrons. The zero-order valence-electron chi connectivity index (χ0n) is 19.2. The van der Waals surface area contributed by atoms with Gasteiger partial charge < -0.3 is 4.74 Å². The predicted molar refractivity (Wildman–Crippen MR) is 152 cm³/mol. The van der Waals surface area contributed by atoms with E-state index in [4.69, 9.17) is 14.7 Å². The SMILES string of the molecule is c1ccc(COc2cc3ccc(-c4nc5ccccc5s4)cc3cc2-c2nc3ccccc3s2)cc1. The molecule has 0 aliphatic rings. The van der Waals surface area contributed by atoms with Crippen molar-refractivity contribution in [3.05, 3.63) is 115 Å². The van der Waals surface area contributed by atoms with Crippen molar-refractivity contribution in [1.82, 2.24) is 9.97 Å². The second-order valence-corrected chi connectivity index (χ2v) is 10.7. The zero-order valence-corrected chi connectivity index (χ0v) is 20.9. The molecule has 2 aromatic heterocycles. The van der Waals surface area contributed by atoms with Crippen LogP contribution in [0.4, 0.5) is 0 Å². The summed E-state index contributed by atoms with van der Waals surface area (Å²) in [7, 11) is 0. The average molecular weight is 501 g/mol. The van der Waals surface area contributed by atoms with Crippen LogP contribution in [0.2, 0.25) is 0 Å². The molecule has 3 nitrogen and oxygen atoms in total. The van der Waals surface area contributed by atoms with Gasteiger partial charge in [-0.1, -0.05) is 66.7 Å². The second-order valence-electron chi connectivity index (χ2n) is 8.66. The lowest BCUT2D eigenvalue weighted by atomic mass is 10.0. The number of thiazole rings is 2. The van der Waals surface area contributed by atoms with Crippen LogP contribution in [0.5, 0.6) is 5.75 Å². The topological polar surface area (TPSA) is 35.0 Å². The Labute approximate surface area is 216 Å². The summed E-state index contributed by atoms with van der Waals surface area (Å²) in [5.74, 6) is 0.846. The maximum Gasteiger partial charge on any atom is 0.130 e. The molecule has 2 heterocycles. The molecule has 0 spiro atoms. The van der Waals surface area contributed by atoms with Crippen molar-refractivity contribution in [3.8, 4) is 26.9 Å². The van der Waals surface area contributed by atoms with Crippen molar-refractivity contribution in [2.45, 2.75) is 6.61 Å². The summed E-state index contributed by atoms with van der Waals surface area (Å²) in [5.41, 5.74) is 5.32. The van der Waals surface area contributed by atoms with Crippen LogP contribution in [0.1, 0.15) is 5.56 Å². The Bertz CT molecular complexity index is 1790. The molecule has 0 fully saturated rings. The minimum Gasteiger partial charge on any atom is -0.488 e. The molecule has 0 N–H and O–H groups in total. The highest BCUT2D eigenvalue weighted by atomic mass is 32.1. The first kappa shape index (κ1) is 21.2. The van der Waals surface area contributed by atoms with Gasteiger partial charge in [0.2, 0.25) is 0 Å². The molecule has 0 aliphatic carbocycles. The Morgan fingerprint density at radius 2 is 1.25 bits per heavy atom. The van der Waals surface area contributed by atoms with E-state index in [9.17, 15) is 0 Å². The summed E-state index contributed by atoms with van der Waals surface area (Å²) >= 11 is 3.42. The van der Waals surface area contributed by atoms with E-state index >= 15 is 0 Å². The Hall–Kier alpha value is -4.06. The molecule has 0 aliphatic heterocycles. The molecule has 7 aromatic rings. The maximum atomic E-state index is 6.39. The number of benzene rings is 5. The van der Waals surface area contributed by atoms with Crippen LogP contribution in [0.15, 0.2) is 109 Å². The van der Waals surface area contributed by atoms with Gasteiger partial charge in [0.25, 0.3) is 0 Å². The highest BCUT2D eigenvalue weighted by Gasteiger charge is 2.15. The molecule has 0 atom stereocenters. The van der Waals surface area contributed by atoms with Gasteiger partial charge in [-0.2, -0.15) is 0 Å². The molecule has 5 aromatic carbocycles. The lowest BCUT2D eigenvalue weighted by Gasteiger charge is -2.13. The molecule has 5 heteroatoms. The molecule has 36 heavy (non-hydrogen) atoms. The summed E-state index contributed by atoms with van der Waals surface area (Å²) in [6.45, 7) is 0.508. The predicted octanol–water partition coefficient (Wildman–Crippen LogP) is 8.97. The first-order chi connectivity index (χ1) is 17.8. The minimum atomic E-state index is 0.508. The molecule has 0 bridgehead atoms. The molecule has 7 rings (SSSR count). The third kappa shape index (κ3) is 3.92. The highest BCUT2D eigenvalue weighted by molar-refractivity contribution is 7.22. The van der Waals surface area contributed by atoms with E-state index in [1.807, 2.05) is 30.3 Å². The summed E-state index contributed by atoms with van der Waals surface area (Å²) in [4.78, 5) is 9.81. The Morgan fingerprint density at radius 1 is 0.583 bits per heavy atom. The number of nitrogens with zero attached hydrogens (tertiary/aromatic N) is 2. The smallest absolute Gasteiger partial charge is 0.130 e. The number of aromatic nitrogens is 2. The fourth-order valence-electron chi connectivity index (χ4n) is 4.41. The van der Waals surface area contributed by atoms with Gasteiger partial charge >= 0.3 is 0 Å². The second kappa shape index (κ2) is 8.86. The van der Waals surface area contributed by atoms with Gasteiger partial charge in [0.05, 0.1) is 26.0 Å². The lowest BCUT2D eigenvalue weighted by molar-refractivity contribution is 0.308. The van der Waals surface area contributed by atoms with Crippen LogP contribution in [-0.2, 0) is 6.61 Å². The van der Waals surface area contributed by atoms with Gasteiger partial charge in [-0.15, -0.1) is 22.7 Å². The molecule has 0 unspecified atom stereocenters. The van der Waals surface area contributed by atoms with Crippen LogP contribution in [0.25, 0.3) is 52.3 Å². The molecular formula is C31H20N2OS2. The standard InChI is InChI=1S/C31H20N2OS2/c1-2-8-20(9-3-1)19-34-27-18-21-14-15-22(30-32-25-10-4-6-12-28(25)35-30)16-23(21)17-24(27)31-33-26-11-5-7-13-29(26)36-31/h1-18H,19H2. The van der Waals surface area contributed by atoms with Gasteiger partial charge in [-0.25, -0.2) is 9.97 Å². The van der Waals surface area contributed by atoms with Gasteiger partial charge in [-0.05, 0) is 58.8 Å². The van der Waals surface area contributed by atoms with Gasteiger partial charge in [0.15, 0.2) is 0 Å². The van der Waals surface area contributed by atoms with E-state index in [0.29, 0.717) is 6.61 Å². The third-order valence-corrected chi connectivity index (χ3v) is 8.40. The number of hydrogen-bond acceptors (Lipinski definition) is 5. The molecule has 0 saturated carbocycles. The van der Waals surface area contributed by atoms with Gasteiger partial charge in [0, 0.05) is 5.56 Å². The van der Waals surface area contributed by atoms with Crippen molar-refractivity contribution in [2.75, 3.05) is 0 Å². The molecule has 0 amide bonds. The Kier molecular flexibility index (Phi) is 5.23. The van der Waals surface area contributed by atoms with Crippen molar-refractivity contribution >= 4 is 53.9 Å². The number of hydrogen-bond donors (Lipinski definition) is 0. The quantitative estimate of drug-likeness (QED) is 0.237. The fourth-order valence-corrected chi connectivity index (χ4v) is 6.36. The highest BCUT2D eigenvalue weighted by Crippen LogP contribution is 2.40. The average Bonchev–Trinajstić information content (AvgIpc) is 3.56. The van der Waals surface area contributed by atoms with Crippen molar-refractivity contribution in [3.63, 3.8) is 0 Å².